The molecule has 10 heteroatoms. The molecule has 1 aromatic rings. The second-order valence-corrected chi connectivity index (χ2v) is 5.65. The first-order valence-electron chi connectivity index (χ1n) is 6.62. The van der Waals surface area contributed by atoms with Crippen molar-refractivity contribution in [2.24, 2.45) is 0 Å². The van der Waals surface area contributed by atoms with Crippen LogP contribution in [0.2, 0.25) is 0 Å². The van der Waals surface area contributed by atoms with Gasteiger partial charge < -0.3 is 32.1 Å². The van der Waals surface area contributed by atoms with E-state index in [1.54, 1.807) is 0 Å². The quantitative estimate of drug-likeness (QED) is 0.550. The van der Waals surface area contributed by atoms with E-state index in [9.17, 15) is 8.78 Å². The van der Waals surface area contributed by atoms with Gasteiger partial charge in [0.05, 0.1) is 0 Å². The molecule has 7 nitrogen and oxygen atoms in total. The number of hydrogen-bond donors (Lipinski definition) is 3. The average molecular weight is 483 g/mol. The Morgan fingerprint density at radius 1 is 1.36 bits per heavy atom. The van der Waals surface area contributed by atoms with Crippen molar-refractivity contribution in [1.29, 1.82) is 5.41 Å². The Hall–Kier alpha value is -1.37. The van der Waals surface area contributed by atoms with Crippen LogP contribution in [0.3, 0.4) is 0 Å². The zero-order valence-corrected chi connectivity index (χ0v) is 14.4. The molecule has 3 rings (SSSR count). The fraction of sp³-hybridized carbons (Fsp3) is 0.583. The number of hydrogen-bond acceptors (Lipinski definition) is 6. The molecule has 2 fully saturated rings. The van der Waals surface area contributed by atoms with Crippen LogP contribution in [0, 0.1) is 5.41 Å². The molecule has 1 aliphatic heterocycles. The Balaban J connectivity index is 0.00000176. The molecule has 1 saturated carbocycles. The van der Waals surface area contributed by atoms with Gasteiger partial charge in [0.1, 0.15) is 11.8 Å². The van der Waals surface area contributed by atoms with Crippen LogP contribution in [0.1, 0.15) is 18.4 Å². The first-order chi connectivity index (χ1) is 9.84. The van der Waals surface area contributed by atoms with E-state index < -0.39 is 11.5 Å². The molecule has 5 N–H and O–H groups in total. The number of nitrogen functional groups attached to an aromatic ring is 1. The van der Waals surface area contributed by atoms with Crippen LogP contribution in [-0.4, -0.2) is 47.3 Å². The summed E-state index contributed by atoms with van der Waals surface area (Å²) < 4.78 is 26.4. The molecule has 2 heterocycles. The van der Waals surface area contributed by atoms with Gasteiger partial charge in [-0.15, -0.1) is 0 Å². The van der Waals surface area contributed by atoms with E-state index >= 15 is 0 Å². The van der Waals surface area contributed by atoms with Crippen LogP contribution in [-0.2, 0) is 20.4 Å². The molecule has 1 radical (unpaired) electrons. The molecule has 1 aromatic heterocycles. The van der Waals surface area contributed by atoms with Gasteiger partial charge in [0, 0.05) is 70.2 Å². The second-order valence-electron chi connectivity index (χ2n) is 5.65. The number of nitrogens with one attached hydrogen (secondary N) is 3. The number of nitrogens with zero attached hydrogens (tertiary/aromatic N) is 3. The number of anilines is 2. The summed E-state index contributed by atoms with van der Waals surface area (Å²) >= 11 is 0. The normalized spacial score (nSPS) is 21.8. The molecule has 0 unspecified atom stereocenters. The van der Waals surface area contributed by atoms with Gasteiger partial charge in [-0.1, -0.05) is 0 Å². The number of nitrogens with two attached hydrogens (primary N) is 1. The minimum Gasteiger partial charge on any atom is -0.481 e. The zero-order valence-electron chi connectivity index (χ0n) is 11.7. The maximum Gasteiger partial charge on any atom is 0.251 e. The Labute approximate surface area is 140 Å². The Morgan fingerprint density at radius 2 is 2.05 bits per heavy atom. The predicted molar refractivity (Wildman–Crippen MR) is 75.4 cm³/mol. The van der Waals surface area contributed by atoms with Crippen molar-refractivity contribution < 1.29 is 29.2 Å². The third kappa shape index (κ3) is 2.91. The number of aromatic nitrogens is 2. The third-order valence-corrected chi connectivity index (χ3v) is 3.96. The van der Waals surface area contributed by atoms with Gasteiger partial charge in [-0.3, -0.25) is 0 Å². The van der Waals surface area contributed by atoms with Gasteiger partial charge >= 0.3 is 0 Å². The summed E-state index contributed by atoms with van der Waals surface area (Å²) in [6.45, 7) is 1.47. The van der Waals surface area contributed by atoms with E-state index in [1.165, 1.54) is 0 Å². The van der Waals surface area contributed by atoms with Crippen LogP contribution in [0.5, 0.6) is 0 Å². The second kappa shape index (κ2) is 5.68. The summed E-state index contributed by atoms with van der Waals surface area (Å²) in [6.07, 6.45) is 0.594. The van der Waals surface area contributed by atoms with E-state index in [-0.39, 0.29) is 50.6 Å². The van der Waals surface area contributed by atoms with Crippen LogP contribution in [0.15, 0.2) is 0 Å². The van der Waals surface area contributed by atoms with Crippen molar-refractivity contribution in [2.75, 3.05) is 30.3 Å². The summed E-state index contributed by atoms with van der Waals surface area (Å²) in [6, 6.07) is 0. The van der Waals surface area contributed by atoms with Crippen molar-refractivity contribution in [3.05, 3.63) is 11.3 Å². The molecule has 0 amide bonds. The minimum absolute atomic E-state index is 0. The number of rotatable bonds is 2. The fourth-order valence-electron chi connectivity index (χ4n) is 3.16. The van der Waals surface area contributed by atoms with Gasteiger partial charge in [-0.05, 0) is 5.82 Å². The number of piperazine rings is 1. The van der Waals surface area contributed by atoms with E-state index in [4.69, 9.17) is 16.9 Å². The predicted octanol–water partition coefficient (Wildman–Crippen LogP) is 1.32. The SMILES string of the molecule is N=Cc1c([NH-])nc(N)nc1N1CCNC2(C1)CC(F)(F)C2.[Re]. The summed E-state index contributed by atoms with van der Waals surface area (Å²) in [5.41, 5.74) is 12.9. The van der Waals surface area contributed by atoms with E-state index in [0.717, 1.165) is 6.21 Å². The molecule has 1 saturated heterocycles. The van der Waals surface area contributed by atoms with Crippen molar-refractivity contribution in [3.8, 4) is 0 Å². The molecule has 2 aliphatic rings. The molecule has 1 spiro atoms. The monoisotopic (exact) mass is 483 g/mol. The third-order valence-electron chi connectivity index (χ3n) is 3.96. The van der Waals surface area contributed by atoms with Crippen molar-refractivity contribution >= 4 is 23.8 Å². The number of alkyl halides is 2. The molecule has 1 aliphatic carbocycles. The maximum absolute atomic E-state index is 13.2. The molecule has 0 atom stereocenters. The summed E-state index contributed by atoms with van der Waals surface area (Å²) in [5, 5.41) is 10.6. The van der Waals surface area contributed by atoms with Crippen LogP contribution < -0.4 is 16.0 Å². The zero-order chi connectivity index (χ0) is 15.3. The van der Waals surface area contributed by atoms with Gasteiger partial charge in [0.15, 0.2) is 0 Å². The smallest absolute Gasteiger partial charge is 0.251 e. The van der Waals surface area contributed by atoms with Gasteiger partial charge in [-0.2, -0.15) is 0 Å². The summed E-state index contributed by atoms with van der Waals surface area (Å²) in [5.74, 6) is -2.42. The topological polar surface area (TPSA) is 115 Å². The van der Waals surface area contributed by atoms with Crippen molar-refractivity contribution in [1.82, 2.24) is 15.3 Å². The van der Waals surface area contributed by atoms with Crippen LogP contribution in [0.4, 0.5) is 26.4 Å². The Kier molecular flexibility index (Phi) is 4.39. The van der Waals surface area contributed by atoms with Crippen molar-refractivity contribution in [2.45, 2.75) is 24.3 Å². The molecule has 0 aromatic carbocycles. The van der Waals surface area contributed by atoms with E-state index in [2.05, 4.69) is 15.3 Å². The molecule has 121 valence electrons. The summed E-state index contributed by atoms with van der Waals surface area (Å²) in [4.78, 5) is 9.62. The largest absolute Gasteiger partial charge is 0.481 e. The Bertz CT molecular complexity index is 587. The number of halogens is 2. The van der Waals surface area contributed by atoms with E-state index in [0.29, 0.717) is 25.5 Å². The fourth-order valence-corrected chi connectivity index (χ4v) is 3.16. The van der Waals surface area contributed by atoms with E-state index in [1.807, 2.05) is 4.90 Å². The average Bonchev–Trinajstić information content (AvgIpc) is 2.35. The maximum atomic E-state index is 13.2. The van der Waals surface area contributed by atoms with Crippen molar-refractivity contribution in [3.63, 3.8) is 0 Å². The summed E-state index contributed by atoms with van der Waals surface area (Å²) in [7, 11) is 0. The minimum atomic E-state index is -2.62. The first-order valence-corrected chi connectivity index (χ1v) is 6.62. The van der Waals surface area contributed by atoms with Gasteiger partial charge in [-0.25, -0.2) is 13.8 Å². The van der Waals surface area contributed by atoms with Crippen LogP contribution in [0.25, 0.3) is 5.73 Å². The molecule has 0 bridgehead atoms. The first kappa shape index (κ1) is 17.0. The van der Waals surface area contributed by atoms with Gasteiger partial charge in [0.25, 0.3) is 5.92 Å². The van der Waals surface area contributed by atoms with Gasteiger partial charge in [0.2, 0.25) is 0 Å². The molecular formula is C12H16F2N7Re-. The standard InChI is InChI=1S/C12H16F2N7.Re/c13-12(14)4-11(5-12)6-21(2-1-18-11)9-7(3-15)8(16)19-10(17)20-9;/h3,15,18H,1-2,4-6H2,(H3-,16,17,19,20);/q-1;. The molecule has 22 heavy (non-hydrogen) atoms. The Morgan fingerprint density at radius 3 is 2.64 bits per heavy atom. The molecular weight excluding hydrogens is 466 g/mol. The van der Waals surface area contributed by atoms with Crippen LogP contribution >= 0.6 is 0 Å².